The zero-order valence-electron chi connectivity index (χ0n) is 11.4. The molecule has 0 saturated carbocycles. The Morgan fingerprint density at radius 1 is 1.10 bits per heavy atom. The second-order valence-electron chi connectivity index (χ2n) is 4.91. The molecule has 3 aromatic rings. The van der Waals surface area contributed by atoms with Crippen LogP contribution in [0, 0.1) is 13.8 Å². The highest BCUT2D eigenvalue weighted by Crippen LogP contribution is 2.25. The fraction of sp³-hybridized carbons (Fsp3) is 0.188. The first-order chi connectivity index (χ1) is 9.61. The zero-order valence-corrected chi connectivity index (χ0v) is 13.8. The maximum absolute atomic E-state index is 4.65. The van der Waals surface area contributed by atoms with Gasteiger partial charge >= 0.3 is 0 Å². The molecular weight excluding hydrogens is 332 g/mol. The summed E-state index contributed by atoms with van der Waals surface area (Å²) in [6.07, 6.45) is 0. The molecule has 0 bridgehead atoms. The summed E-state index contributed by atoms with van der Waals surface area (Å²) in [5, 5.41) is 0.980. The molecule has 0 unspecified atom stereocenters. The molecule has 1 heterocycles. The summed E-state index contributed by atoms with van der Waals surface area (Å²) < 4.78 is 1.11. The van der Waals surface area contributed by atoms with E-state index in [9.17, 15) is 0 Å². The fourth-order valence-corrected chi connectivity index (χ4v) is 3.15. The third-order valence-corrected chi connectivity index (χ3v) is 4.84. The van der Waals surface area contributed by atoms with E-state index in [4.69, 9.17) is 0 Å². The van der Waals surface area contributed by atoms with Crippen LogP contribution in [0.3, 0.4) is 0 Å². The molecular formula is C16H15BrN2S. The molecule has 0 aliphatic carbocycles. The number of thioether (sulfide) groups is 1. The van der Waals surface area contributed by atoms with Gasteiger partial charge in [-0.1, -0.05) is 39.8 Å². The van der Waals surface area contributed by atoms with Crippen LogP contribution in [0.2, 0.25) is 0 Å². The highest BCUT2D eigenvalue weighted by Gasteiger charge is 2.05. The molecule has 0 saturated heterocycles. The van der Waals surface area contributed by atoms with E-state index in [0.717, 1.165) is 26.4 Å². The van der Waals surface area contributed by atoms with Crippen molar-refractivity contribution in [3.8, 4) is 0 Å². The normalized spacial score (nSPS) is 11.2. The van der Waals surface area contributed by atoms with Crippen LogP contribution in [-0.4, -0.2) is 9.97 Å². The monoisotopic (exact) mass is 346 g/mol. The van der Waals surface area contributed by atoms with Crippen molar-refractivity contribution in [3.05, 3.63) is 57.6 Å². The molecule has 4 heteroatoms. The van der Waals surface area contributed by atoms with E-state index < -0.39 is 0 Å². The van der Waals surface area contributed by atoms with Crippen molar-refractivity contribution in [1.82, 2.24) is 9.97 Å². The number of rotatable bonds is 3. The van der Waals surface area contributed by atoms with Crippen molar-refractivity contribution in [3.63, 3.8) is 0 Å². The Morgan fingerprint density at radius 2 is 1.80 bits per heavy atom. The number of imidazole rings is 1. The molecule has 0 radical (unpaired) electrons. The van der Waals surface area contributed by atoms with E-state index in [1.807, 2.05) is 0 Å². The van der Waals surface area contributed by atoms with Gasteiger partial charge in [-0.15, -0.1) is 0 Å². The molecule has 3 rings (SSSR count). The van der Waals surface area contributed by atoms with Gasteiger partial charge in [0.05, 0.1) is 11.0 Å². The summed E-state index contributed by atoms with van der Waals surface area (Å²) >= 11 is 5.19. The van der Waals surface area contributed by atoms with Crippen molar-refractivity contribution in [2.24, 2.45) is 0 Å². The van der Waals surface area contributed by atoms with E-state index in [1.165, 1.54) is 16.7 Å². The largest absolute Gasteiger partial charge is 0.333 e. The predicted octanol–water partition coefficient (Wildman–Crippen LogP) is 5.23. The van der Waals surface area contributed by atoms with Gasteiger partial charge in [0.25, 0.3) is 0 Å². The van der Waals surface area contributed by atoms with Crippen LogP contribution in [-0.2, 0) is 5.75 Å². The minimum atomic E-state index is 0.922. The number of aryl methyl sites for hydroxylation is 2. The summed E-state index contributed by atoms with van der Waals surface area (Å²) in [5.74, 6) is 0.922. The molecule has 0 spiro atoms. The van der Waals surface area contributed by atoms with Crippen molar-refractivity contribution in [1.29, 1.82) is 0 Å². The Kier molecular flexibility index (Phi) is 3.85. The minimum absolute atomic E-state index is 0.922. The van der Waals surface area contributed by atoms with Crippen molar-refractivity contribution >= 4 is 38.7 Å². The third kappa shape index (κ3) is 2.91. The van der Waals surface area contributed by atoms with E-state index >= 15 is 0 Å². The second kappa shape index (κ2) is 5.62. The molecule has 20 heavy (non-hydrogen) atoms. The Hall–Kier alpha value is -1.26. The topological polar surface area (TPSA) is 28.7 Å². The number of halogens is 1. The highest BCUT2D eigenvalue weighted by atomic mass is 79.9. The number of hydrogen-bond acceptors (Lipinski definition) is 2. The minimum Gasteiger partial charge on any atom is -0.333 e. The summed E-state index contributed by atoms with van der Waals surface area (Å²) in [7, 11) is 0. The molecule has 0 amide bonds. The SMILES string of the molecule is Cc1cc2nc(SCc3ccc(Br)cc3)[nH]c2cc1C. The molecule has 1 N–H and O–H groups in total. The number of aromatic amines is 1. The van der Waals surface area contributed by atoms with E-state index in [1.54, 1.807) is 11.8 Å². The zero-order chi connectivity index (χ0) is 14.1. The summed E-state index contributed by atoms with van der Waals surface area (Å²) in [4.78, 5) is 8.03. The van der Waals surface area contributed by atoms with Crippen LogP contribution < -0.4 is 0 Å². The fourth-order valence-electron chi connectivity index (χ4n) is 2.05. The molecule has 0 fully saturated rings. The Morgan fingerprint density at radius 3 is 2.55 bits per heavy atom. The number of nitrogens with one attached hydrogen (secondary N) is 1. The first kappa shape index (κ1) is 13.7. The predicted molar refractivity (Wildman–Crippen MR) is 89.3 cm³/mol. The average Bonchev–Trinajstić information content (AvgIpc) is 2.80. The van der Waals surface area contributed by atoms with Crippen LogP contribution in [0.15, 0.2) is 46.0 Å². The Labute approximate surface area is 131 Å². The van der Waals surface area contributed by atoms with Crippen molar-refractivity contribution in [2.45, 2.75) is 24.8 Å². The Balaban J connectivity index is 1.79. The molecule has 102 valence electrons. The van der Waals surface area contributed by atoms with Gasteiger partial charge in [0.15, 0.2) is 5.16 Å². The molecule has 2 nitrogen and oxygen atoms in total. The lowest BCUT2D eigenvalue weighted by Crippen LogP contribution is -1.81. The van der Waals surface area contributed by atoms with E-state index in [2.05, 4.69) is 76.1 Å². The Bertz CT molecular complexity index is 708. The number of benzene rings is 2. The summed E-state index contributed by atoms with van der Waals surface area (Å²) in [6, 6.07) is 12.7. The van der Waals surface area contributed by atoms with E-state index in [0.29, 0.717) is 0 Å². The maximum atomic E-state index is 4.65. The first-order valence-corrected chi connectivity index (χ1v) is 8.24. The van der Waals surface area contributed by atoms with Crippen LogP contribution in [0.5, 0.6) is 0 Å². The second-order valence-corrected chi connectivity index (χ2v) is 6.79. The average molecular weight is 347 g/mol. The lowest BCUT2D eigenvalue weighted by Gasteiger charge is -1.99. The maximum Gasteiger partial charge on any atom is 0.166 e. The van der Waals surface area contributed by atoms with Gasteiger partial charge in [-0.05, 0) is 54.8 Å². The smallest absolute Gasteiger partial charge is 0.166 e. The number of hydrogen-bond donors (Lipinski definition) is 1. The summed E-state index contributed by atoms with van der Waals surface area (Å²) in [6.45, 7) is 4.25. The molecule has 0 aliphatic rings. The van der Waals surface area contributed by atoms with Gasteiger partial charge in [0, 0.05) is 10.2 Å². The molecule has 1 aromatic heterocycles. The van der Waals surface area contributed by atoms with Crippen molar-refractivity contribution in [2.75, 3.05) is 0 Å². The number of fused-ring (bicyclic) bond motifs is 1. The number of nitrogens with zero attached hydrogens (tertiary/aromatic N) is 1. The third-order valence-electron chi connectivity index (χ3n) is 3.36. The van der Waals surface area contributed by atoms with Gasteiger partial charge in [0.1, 0.15) is 0 Å². The quantitative estimate of drug-likeness (QED) is 0.657. The number of H-pyrrole nitrogens is 1. The highest BCUT2D eigenvalue weighted by molar-refractivity contribution is 9.10. The van der Waals surface area contributed by atoms with E-state index in [-0.39, 0.29) is 0 Å². The van der Waals surface area contributed by atoms with Crippen LogP contribution in [0.1, 0.15) is 16.7 Å². The van der Waals surface area contributed by atoms with Crippen molar-refractivity contribution < 1.29 is 0 Å². The molecule has 2 aromatic carbocycles. The molecule has 0 atom stereocenters. The van der Waals surface area contributed by atoms with Crippen LogP contribution in [0.4, 0.5) is 0 Å². The van der Waals surface area contributed by atoms with Gasteiger partial charge in [-0.3, -0.25) is 0 Å². The standard InChI is InChI=1S/C16H15BrN2S/c1-10-7-14-15(8-11(10)2)19-16(18-14)20-9-12-3-5-13(17)6-4-12/h3-8H,9H2,1-2H3,(H,18,19). The van der Waals surface area contributed by atoms with Crippen LogP contribution >= 0.6 is 27.7 Å². The first-order valence-electron chi connectivity index (χ1n) is 6.46. The van der Waals surface area contributed by atoms with Gasteiger partial charge in [-0.2, -0.15) is 0 Å². The number of aromatic nitrogens is 2. The van der Waals surface area contributed by atoms with Gasteiger partial charge < -0.3 is 4.98 Å². The summed E-state index contributed by atoms with van der Waals surface area (Å²) in [5.41, 5.74) is 6.04. The lowest BCUT2D eigenvalue weighted by atomic mass is 10.1. The molecule has 0 aliphatic heterocycles. The van der Waals surface area contributed by atoms with Gasteiger partial charge in [-0.25, -0.2) is 4.98 Å². The van der Waals surface area contributed by atoms with Crippen LogP contribution in [0.25, 0.3) is 11.0 Å². The van der Waals surface area contributed by atoms with Gasteiger partial charge in [0.2, 0.25) is 0 Å². The lowest BCUT2D eigenvalue weighted by molar-refractivity contribution is 1.08.